The summed E-state index contributed by atoms with van der Waals surface area (Å²) in [4.78, 5) is 11.9. The lowest BCUT2D eigenvalue weighted by Crippen LogP contribution is -2.42. The summed E-state index contributed by atoms with van der Waals surface area (Å²) in [5.41, 5.74) is 8.17. The van der Waals surface area contributed by atoms with Gasteiger partial charge in [-0.2, -0.15) is 0 Å². The second-order valence-corrected chi connectivity index (χ2v) is 5.38. The van der Waals surface area contributed by atoms with Gasteiger partial charge in [0.1, 0.15) is 0 Å². The minimum Gasteiger partial charge on any atom is -0.348 e. The standard InChI is InChI=1S/C15H24N2O/c1-10(2)8-14(16)15(18)17-12(4)13-7-5-6-11(3)9-13/h5-7,9-10,12,14H,8,16H2,1-4H3,(H,17,18)/t12-,14-/m0/s1. The van der Waals surface area contributed by atoms with Crippen molar-refractivity contribution < 1.29 is 4.79 Å². The first kappa shape index (κ1) is 14.7. The van der Waals surface area contributed by atoms with E-state index < -0.39 is 6.04 Å². The van der Waals surface area contributed by atoms with Crippen LogP contribution in [0.25, 0.3) is 0 Å². The maximum Gasteiger partial charge on any atom is 0.237 e. The molecule has 2 atom stereocenters. The van der Waals surface area contributed by atoms with Gasteiger partial charge in [0.05, 0.1) is 12.1 Å². The van der Waals surface area contributed by atoms with Gasteiger partial charge in [0, 0.05) is 0 Å². The number of amides is 1. The number of nitrogens with two attached hydrogens (primary N) is 1. The zero-order chi connectivity index (χ0) is 13.7. The predicted octanol–water partition coefficient (Wildman–Crippen LogP) is 2.55. The van der Waals surface area contributed by atoms with Crippen LogP contribution >= 0.6 is 0 Å². The van der Waals surface area contributed by atoms with Gasteiger partial charge in [-0.05, 0) is 31.7 Å². The topological polar surface area (TPSA) is 55.1 Å². The van der Waals surface area contributed by atoms with Gasteiger partial charge in [0.25, 0.3) is 0 Å². The molecule has 0 spiro atoms. The normalized spacial score (nSPS) is 14.3. The molecule has 0 heterocycles. The zero-order valence-corrected chi connectivity index (χ0v) is 11.7. The molecule has 0 aliphatic heterocycles. The number of carbonyl (C=O) groups excluding carboxylic acids is 1. The molecule has 0 aromatic heterocycles. The van der Waals surface area contributed by atoms with Crippen molar-refractivity contribution in [1.82, 2.24) is 5.32 Å². The second-order valence-electron chi connectivity index (χ2n) is 5.38. The molecule has 0 saturated heterocycles. The summed E-state index contributed by atoms with van der Waals surface area (Å²) in [6.07, 6.45) is 0.715. The van der Waals surface area contributed by atoms with Gasteiger partial charge in [0.2, 0.25) is 5.91 Å². The molecule has 18 heavy (non-hydrogen) atoms. The Kier molecular flexibility index (Phi) is 5.35. The Hall–Kier alpha value is -1.35. The number of hydrogen-bond acceptors (Lipinski definition) is 2. The van der Waals surface area contributed by atoms with E-state index in [0.717, 1.165) is 5.56 Å². The summed E-state index contributed by atoms with van der Waals surface area (Å²) in [7, 11) is 0. The van der Waals surface area contributed by atoms with Crippen LogP contribution in [0, 0.1) is 12.8 Å². The highest BCUT2D eigenvalue weighted by molar-refractivity contribution is 5.81. The smallest absolute Gasteiger partial charge is 0.237 e. The monoisotopic (exact) mass is 248 g/mol. The molecule has 0 radical (unpaired) electrons. The van der Waals surface area contributed by atoms with Crippen molar-refractivity contribution in [3.05, 3.63) is 35.4 Å². The molecular weight excluding hydrogens is 224 g/mol. The van der Waals surface area contributed by atoms with Crippen LogP contribution in [0.5, 0.6) is 0 Å². The molecule has 0 saturated carbocycles. The SMILES string of the molecule is Cc1cccc([C@H](C)NC(=O)[C@@H](N)CC(C)C)c1. The van der Waals surface area contributed by atoms with Crippen molar-refractivity contribution in [2.75, 3.05) is 0 Å². The third-order valence-electron chi connectivity index (χ3n) is 2.96. The summed E-state index contributed by atoms with van der Waals surface area (Å²) in [6, 6.07) is 7.72. The largest absolute Gasteiger partial charge is 0.348 e. The molecule has 1 aromatic carbocycles. The number of rotatable bonds is 5. The first-order valence-electron chi connectivity index (χ1n) is 6.52. The molecule has 100 valence electrons. The van der Waals surface area contributed by atoms with Gasteiger partial charge < -0.3 is 11.1 Å². The van der Waals surface area contributed by atoms with Crippen LogP contribution < -0.4 is 11.1 Å². The van der Waals surface area contributed by atoms with E-state index >= 15 is 0 Å². The Balaban J connectivity index is 2.59. The molecular formula is C15H24N2O. The molecule has 1 rings (SSSR count). The van der Waals surface area contributed by atoms with E-state index in [-0.39, 0.29) is 11.9 Å². The fourth-order valence-corrected chi connectivity index (χ4v) is 1.96. The Morgan fingerprint density at radius 1 is 1.33 bits per heavy atom. The molecule has 0 aliphatic carbocycles. The van der Waals surface area contributed by atoms with Crippen LogP contribution in [0.1, 0.15) is 44.4 Å². The van der Waals surface area contributed by atoms with E-state index in [1.165, 1.54) is 5.56 Å². The first-order chi connectivity index (χ1) is 8.40. The van der Waals surface area contributed by atoms with Gasteiger partial charge in [-0.3, -0.25) is 4.79 Å². The summed E-state index contributed by atoms with van der Waals surface area (Å²) in [5, 5.41) is 2.96. The van der Waals surface area contributed by atoms with Gasteiger partial charge in [0.15, 0.2) is 0 Å². The van der Waals surface area contributed by atoms with E-state index in [1.807, 2.05) is 32.0 Å². The molecule has 3 heteroatoms. The molecule has 0 aliphatic rings. The predicted molar refractivity (Wildman–Crippen MR) is 75.2 cm³/mol. The number of aryl methyl sites for hydroxylation is 1. The molecule has 0 bridgehead atoms. The maximum atomic E-state index is 11.9. The lowest BCUT2D eigenvalue weighted by Gasteiger charge is -2.19. The lowest BCUT2D eigenvalue weighted by atomic mass is 10.0. The maximum absolute atomic E-state index is 11.9. The molecule has 1 amide bonds. The second kappa shape index (κ2) is 6.55. The fourth-order valence-electron chi connectivity index (χ4n) is 1.96. The molecule has 0 unspecified atom stereocenters. The number of hydrogen-bond donors (Lipinski definition) is 2. The quantitative estimate of drug-likeness (QED) is 0.841. The molecule has 3 nitrogen and oxygen atoms in total. The number of carbonyl (C=O) groups is 1. The summed E-state index contributed by atoms with van der Waals surface area (Å²) in [6.45, 7) is 8.16. The van der Waals surface area contributed by atoms with Gasteiger partial charge in [-0.25, -0.2) is 0 Å². The van der Waals surface area contributed by atoms with E-state index in [4.69, 9.17) is 5.73 Å². The molecule has 1 aromatic rings. The van der Waals surface area contributed by atoms with E-state index in [2.05, 4.69) is 25.2 Å². The van der Waals surface area contributed by atoms with Crippen LogP contribution in [-0.4, -0.2) is 11.9 Å². The molecule has 3 N–H and O–H groups in total. The summed E-state index contributed by atoms with van der Waals surface area (Å²) in [5.74, 6) is 0.359. The van der Waals surface area contributed by atoms with E-state index in [9.17, 15) is 4.79 Å². The van der Waals surface area contributed by atoms with Crippen LogP contribution in [0.4, 0.5) is 0 Å². The summed E-state index contributed by atoms with van der Waals surface area (Å²) >= 11 is 0. The Morgan fingerprint density at radius 2 is 2.00 bits per heavy atom. The number of nitrogens with one attached hydrogen (secondary N) is 1. The van der Waals surface area contributed by atoms with Crippen molar-refractivity contribution in [1.29, 1.82) is 0 Å². The average molecular weight is 248 g/mol. The Bertz CT molecular complexity index is 401. The van der Waals surface area contributed by atoms with Crippen molar-refractivity contribution in [3.63, 3.8) is 0 Å². The zero-order valence-electron chi connectivity index (χ0n) is 11.7. The minimum atomic E-state index is -0.419. The highest BCUT2D eigenvalue weighted by Crippen LogP contribution is 2.14. The molecule has 0 fully saturated rings. The Morgan fingerprint density at radius 3 is 2.56 bits per heavy atom. The third-order valence-corrected chi connectivity index (χ3v) is 2.96. The van der Waals surface area contributed by atoms with Crippen molar-refractivity contribution in [3.8, 4) is 0 Å². The van der Waals surface area contributed by atoms with Gasteiger partial charge in [-0.1, -0.05) is 43.7 Å². The van der Waals surface area contributed by atoms with Crippen LogP contribution in [0.15, 0.2) is 24.3 Å². The van der Waals surface area contributed by atoms with Crippen molar-refractivity contribution in [2.24, 2.45) is 11.7 Å². The van der Waals surface area contributed by atoms with Gasteiger partial charge >= 0.3 is 0 Å². The van der Waals surface area contributed by atoms with Crippen LogP contribution in [0.2, 0.25) is 0 Å². The van der Waals surface area contributed by atoms with Gasteiger partial charge in [-0.15, -0.1) is 0 Å². The van der Waals surface area contributed by atoms with E-state index in [0.29, 0.717) is 12.3 Å². The lowest BCUT2D eigenvalue weighted by molar-refractivity contribution is -0.123. The van der Waals surface area contributed by atoms with E-state index in [1.54, 1.807) is 0 Å². The fraction of sp³-hybridized carbons (Fsp3) is 0.533. The van der Waals surface area contributed by atoms with Crippen molar-refractivity contribution in [2.45, 2.75) is 46.2 Å². The van der Waals surface area contributed by atoms with Crippen LogP contribution in [-0.2, 0) is 4.79 Å². The minimum absolute atomic E-state index is 0.00406. The number of benzene rings is 1. The van der Waals surface area contributed by atoms with Crippen molar-refractivity contribution >= 4 is 5.91 Å². The Labute approximate surface area is 110 Å². The third kappa shape index (κ3) is 4.49. The average Bonchev–Trinajstić information content (AvgIpc) is 2.27. The first-order valence-corrected chi connectivity index (χ1v) is 6.52. The van der Waals surface area contributed by atoms with Crippen LogP contribution in [0.3, 0.4) is 0 Å². The highest BCUT2D eigenvalue weighted by Gasteiger charge is 2.17. The summed E-state index contributed by atoms with van der Waals surface area (Å²) < 4.78 is 0. The highest BCUT2D eigenvalue weighted by atomic mass is 16.2.